The van der Waals surface area contributed by atoms with Gasteiger partial charge in [-0.25, -0.2) is 4.39 Å². The predicted molar refractivity (Wildman–Crippen MR) is 157 cm³/mol. The zero-order valence-electron chi connectivity index (χ0n) is 24.2. The molecule has 5 aliphatic rings. The van der Waals surface area contributed by atoms with Crippen LogP contribution in [0.2, 0.25) is 0 Å². The van der Waals surface area contributed by atoms with Gasteiger partial charge in [0.05, 0.1) is 30.8 Å². The van der Waals surface area contributed by atoms with E-state index in [-0.39, 0.29) is 24.4 Å². The number of fused-ring (bicyclic) bond motifs is 4. The summed E-state index contributed by atoms with van der Waals surface area (Å²) in [6.07, 6.45) is 4.45. The summed E-state index contributed by atoms with van der Waals surface area (Å²) in [6, 6.07) is 9.01. The molecular formula is C32H38FN7O2. The topological polar surface area (TPSA) is 88.8 Å². The van der Waals surface area contributed by atoms with Gasteiger partial charge in [-0.2, -0.15) is 15.2 Å². The smallest absolute Gasteiger partial charge is 0.318 e. The van der Waals surface area contributed by atoms with Gasteiger partial charge in [-0.05, 0) is 67.8 Å². The lowest BCUT2D eigenvalue weighted by molar-refractivity contribution is -0.128. The van der Waals surface area contributed by atoms with Gasteiger partial charge in [0.25, 0.3) is 0 Å². The van der Waals surface area contributed by atoms with Crippen molar-refractivity contribution >= 4 is 17.4 Å². The third kappa shape index (κ3) is 4.87. The van der Waals surface area contributed by atoms with E-state index in [4.69, 9.17) is 14.7 Å². The number of likely N-dealkylation sites (N-methyl/N-ethyl adjacent to an activating group) is 1. The zero-order chi connectivity index (χ0) is 29.0. The van der Waals surface area contributed by atoms with E-state index in [9.17, 15) is 14.4 Å². The minimum absolute atomic E-state index is 0.0218. The highest BCUT2D eigenvalue weighted by molar-refractivity contribution is 5.87. The number of alkyl halides is 1. The van der Waals surface area contributed by atoms with Gasteiger partial charge in [-0.1, -0.05) is 18.7 Å². The van der Waals surface area contributed by atoms with Crippen LogP contribution in [-0.2, 0) is 24.2 Å². The molecule has 42 heavy (non-hydrogen) atoms. The minimum atomic E-state index is -0.845. The molecule has 0 bridgehead atoms. The Bertz CT molecular complexity index is 1440. The van der Waals surface area contributed by atoms with E-state index in [1.54, 1.807) is 4.90 Å². The number of carbonyl (C=O) groups excluding carboxylic acids is 1. The second-order valence-electron chi connectivity index (χ2n) is 12.5. The summed E-state index contributed by atoms with van der Waals surface area (Å²) in [7, 11) is 1.92. The number of halogens is 1. The van der Waals surface area contributed by atoms with Crippen LogP contribution in [0.4, 0.5) is 15.9 Å². The van der Waals surface area contributed by atoms with Gasteiger partial charge < -0.3 is 19.4 Å². The van der Waals surface area contributed by atoms with E-state index in [1.807, 2.05) is 11.9 Å². The van der Waals surface area contributed by atoms with Gasteiger partial charge in [0.1, 0.15) is 18.6 Å². The summed E-state index contributed by atoms with van der Waals surface area (Å²) in [5.41, 5.74) is 6.42. The Balaban J connectivity index is 1.19. The molecule has 220 valence electrons. The van der Waals surface area contributed by atoms with Crippen molar-refractivity contribution in [3.63, 3.8) is 0 Å². The SMILES string of the molecule is C=CC(=O)N1CCN(c2nc(OC[C@@H]3C[C@@H](F)CN3C)nc3c2CCN(c2cccc4c2C2CC2C4)C3)C[C@@H]1CC#N. The highest BCUT2D eigenvalue weighted by Crippen LogP contribution is 2.59. The monoisotopic (exact) mass is 571 g/mol. The van der Waals surface area contributed by atoms with E-state index in [0.717, 1.165) is 36.0 Å². The van der Waals surface area contributed by atoms with Crippen molar-refractivity contribution in [3.05, 3.63) is 53.2 Å². The lowest BCUT2D eigenvalue weighted by Crippen LogP contribution is -2.55. The number of hydrogen-bond donors (Lipinski definition) is 0. The number of benzene rings is 1. The number of anilines is 2. The maximum Gasteiger partial charge on any atom is 0.318 e. The average molecular weight is 572 g/mol. The standard InChI is InChI=1S/C32H38FN7O2/c1-3-29(41)40-12-11-39(17-23(40)7-9-34)31-25-8-10-38(28-6-4-5-20-13-21-14-26(21)30(20)28)18-27(25)35-32(36-31)42-19-24-15-22(33)16-37(24)2/h3-6,21-24,26H,1,7-8,10-19H2,2H3/t21?,22-,23+,24+,26?/m1/s1. The lowest BCUT2D eigenvalue weighted by atomic mass is 9.99. The van der Waals surface area contributed by atoms with Crippen LogP contribution in [0, 0.1) is 17.2 Å². The molecule has 1 saturated carbocycles. The van der Waals surface area contributed by atoms with Crippen molar-refractivity contribution in [3.8, 4) is 12.1 Å². The Morgan fingerprint density at radius 3 is 2.86 bits per heavy atom. The van der Waals surface area contributed by atoms with Crippen LogP contribution < -0.4 is 14.5 Å². The Morgan fingerprint density at radius 1 is 1.19 bits per heavy atom. The number of hydrogen-bond acceptors (Lipinski definition) is 8. The number of nitriles is 1. The molecule has 2 saturated heterocycles. The van der Waals surface area contributed by atoms with Gasteiger partial charge in [-0.3, -0.25) is 9.69 Å². The van der Waals surface area contributed by atoms with Gasteiger partial charge in [0.15, 0.2) is 0 Å². The van der Waals surface area contributed by atoms with Crippen LogP contribution in [0.25, 0.3) is 0 Å². The fourth-order valence-corrected chi connectivity index (χ4v) is 7.62. The molecule has 2 aromatic rings. The van der Waals surface area contributed by atoms with Crippen LogP contribution in [0.1, 0.15) is 47.6 Å². The number of ether oxygens (including phenoxy) is 1. The van der Waals surface area contributed by atoms with Crippen molar-refractivity contribution in [2.45, 2.75) is 62.8 Å². The van der Waals surface area contributed by atoms with Crippen LogP contribution in [-0.4, -0.2) is 90.3 Å². The highest BCUT2D eigenvalue weighted by Gasteiger charge is 2.47. The number of nitrogens with zero attached hydrogens (tertiary/aromatic N) is 7. The Morgan fingerprint density at radius 2 is 2.07 bits per heavy atom. The minimum Gasteiger partial charge on any atom is -0.462 e. The van der Waals surface area contributed by atoms with Gasteiger partial charge in [-0.15, -0.1) is 0 Å². The number of piperazine rings is 1. The molecule has 4 heterocycles. The van der Waals surface area contributed by atoms with E-state index in [1.165, 1.54) is 35.7 Å². The first-order valence-corrected chi connectivity index (χ1v) is 15.2. The first-order valence-electron chi connectivity index (χ1n) is 15.2. The van der Waals surface area contributed by atoms with Crippen molar-refractivity contribution in [1.82, 2.24) is 19.8 Å². The summed E-state index contributed by atoms with van der Waals surface area (Å²) >= 11 is 0. The second kappa shape index (κ2) is 10.8. The molecule has 0 radical (unpaired) electrons. The molecule has 5 atom stereocenters. The Kier molecular flexibility index (Phi) is 7.01. The number of rotatable bonds is 7. The van der Waals surface area contributed by atoms with Crippen molar-refractivity contribution in [2.75, 3.05) is 56.2 Å². The van der Waals surface area contributed by atoms with Gasteiger partial charge in [0.2, 0.25) is 5.91 Å². The fourth-order valence-electron chi connectivity index (χ4n) is 7.62. The van der Waals surface area contributed by atoms with E-state index < -0.39 is 6.17 Å². The largest absolute Gasteiger partial charge is 0.462 e. The van der Waals surface area contributed by atoms with Crippen LogP contribution in [0.15, 0.2) is 30.9 Å². The Hall–Kier alpha value is -3.71. The number of aromatic nitrogens is 2. The molecular weight excluding hydrogens is 533 g/mol. The van der Waals surface area contributed by atoms with E-state index >= 15 is 0 Å². The lowest BCUT2D eigenvalue weighted by Gasteiger charge is -2.42. The molecule has 0 spiro atoms. The average Bonchev–Trinajstić information content (AvgIpc) is 3.54. The summed E-state index contributed by atoms with van der Waals surface area (Å²) in [5, 5.41) is 9.51. The van der Waals surface area contributed by atoms with E-state index in [0.29, 0.717) is 57.7 Å². The first-order chi connectivity index (χ1) is 20.4. The molecule has 9 nitrogen and oxygen atoms in total. The van der Waals surface area contributed by atoms with E-state index in [2.05, 4.69) is 40.6 Å². The summed E-state index contributed by atoms with van der Waals surface area (Å²) in [4.78, 5) is 30.8. The maximum atomic E-state index is 14.0. The highest BCUT2D eigenvalue weighted by atomic mass is 19.1. The van der Waals surface area contributed by atoms with Crippen LogP contribution >= 0.6 is 0 Å². The fraction of sp³-hybridized carbons (Fsp3) is 0.562. The number of likely N-dealkylation sites (tertiary alicyclic amines) is 1. The number of carbonyl (C=O) groups is 1. The summed E-state index contributed by atoms with van der Waals surface area (Å²) < 4.78 is 20.2. The zero-order valence-corrected chi connectivity index (χ0v) is 24.2. The van der Waals surface area contributed by atoms with Crippen molar-refractivity contribution in [2.24, 2.45) is 5.92 Å². The molecule has 1 aromatic heterocycles. The molecule has 2 unspecified atom stereocenters. The van der Waals surface area contributed by atoms with Gasteiger partial charge >= 0.3 is 6.01 Å². The van der Waals surface area contributed by atoms with Crippen molar-refractivity contribution in [1.29, 1.82) is 5.26 Å². The van der Waals surface area contributed by atoms with Gasteiger partial charge in [0, 0.05) is 50.0 Å². The maximum absolute atomic E-state index is 14.0. The molecule has 3 aliphatic heterocycles. The molecule has 0 N–H and O–H groups in total. The molecule has 7 rings (SSSR count). The molecule has 1 amide bonds. The molecule has 1 aromatic carbocycles. The number of amides is 1. The normalized spacial score (nSPS) is 28.1. The third-order valence-electron chi connectivity index (χ3n) is 9.92. The molecule has 2 aliphatic carbocycles. The van der Waals surface area contributed by atoms with Crippen LogP contribution in [0.5, 0.6) is 6.01 Å². The summed E-state index contributed by atoms with van der Waals surface area (Å²) in [5.74, 6) is 2.19. The second-order valence-corrected chi connectivity index (χ2v) is 12.5. The summed E-state index contributed by atoms with van der Waals surface area (Å²) in [6.45, 7) is 7.51. The van der Waals surface area contributed by atoms with Crippen LogP contribution in [0.3, 0.4) is 0 Å². The van der Waals surface area contributed by atoms with Crippen molar-refractivity contribution < 1.29 is 13.9 Å². The molecule has 3 fully saturated rings. The quantitative estimate of drug-likeness (QED) is 0.468. The predicted octanol–water partition coefficient (Wildman–Crippen LogP) is 3.24. The third-order valence-corrected chi connectivity index (χ3v) is 9.92. The first kappa shape index (κ1) is 27.1. The molecule has 10 heteroatoms. The Labute approximate surface area is 246 Å².